The van der Waals surface area contributed by atoms with Crippen LogP contribution in [0.1, 0.15) is 34.6 Å². The van der Waals surface area contributed by atoms with E-state index in [1.165, 1.54) is 0 Å². The largest absolute Gasteiger partial charge is 0.406 e. The van der Waals surface area contributed by atoms with Crippen LogP contribution in [0.4, 0.5) is 13.2 Å². The zero-order valence-corrected chi connectivity index (χ0v) is 10.9. The van der Waals surface area contributed by atoms with E-state index < -0.39 is 36.1 Å². The van der Waals surface area contributed by atoms with Crippen LogP contribution < -0.4 is 5.73 Å². The number of hydrogen-bond donors (Lipinski definition) is 1. The van der Waals surface area contributed by atoms with Crippen molar-refractivity contribution in [2.75, 3.05) is 6.54 Å². The summed E-state index contributed by atoms with van der Waals surface area (Å²) in [7, 11) is 0. The first-order chi connectivity index (χ1) is 7.36. The highest BCUT2D eigenvalue weighted by Gasteiger charge is 2.38. The molecule has 0 aromatic heterocycles. The Labute approximate surface area is 100 Å². The Bertz CT molecular complexity index is 269. The quantitative estimate of drug-likeness (QED) is 0.839. The molecule has 0 radical (unpaired) electrons. The second kappa shape index (κ2) is 5.25. The molecule has 2 N–H and O–H groups in total. The Morgan fingerprint density at radius 2 is 1.65 bits per heavy atom. The molecule has 17 heavy (non-hydrogen) atoms. The lowest BCUT2D eigenvalue weighted by Crippen LogP contribution is -2.54. The lowest BCUT2D eigenvalue weighted by Gasteiger charge is -2.34. The summed E-state index contributed by atoms with van der Waals surface area (Å²) in [6.07, 6.45) is -4.41. The maximum Gasteiger partial charge on any atom is 0.406 e. The van der Waals surface area contributed by atoms with Crippen LogP contribution >= 0.6 is 0 Å². The third kappa shape index (κ3) is 5.39. The lowest BCUT2D eigenvalue weighted by atomic mass is 9.86. The van der Waals surface area contributed by atoms with Gasteiger partial charge in [-0.15, -0.1) is 0 Å². The Kier molecular flexibility index (Phi) is 5.01. The van der Waals surface area contributed by atoms with E-state index in [1.807, 2.05) is 0 Å². The van der Waals surface area contributed by atoms with Gasteiger partial charge in [0.2, 0.25) is 5.91 Å². The van der Waals surface area contributed by atoms with Gasteiger partial charge in [0.1, 0.15) is 6.54 Å². The monoisotopic (exact) mass is 254 g/mol. The fourth-order valence-electron chi connectivity index (χ4n) is 1.26. The Hall–Kier alpha value is -0.780. The van der Waals surface area contributed by atoms with Gasteiger partial charge in [0, 0.05) is 6.04 Å². The van der Waals surface area contributed by atoms with Gasteiger partial charge in [-0.3, -0.25) is 4.79 Å². The number of hydrogen-bond acceptors (Lipinski definition) is 2. The third-order valence-corrected chi connectivity index (χ3v) is 2.46. The summed E-state index contributed by atoms with van der Waals surface area (Å²) in [5.41, 5.74) is 5.13. The van der Waals surface area contributed by atoms with Crippen LogP contribution in [-0.4, -0.2) is 35.6 Å². The van der Waals surface area contributed by atoms with Gasteiger partial charge >= 0.3 is 6.18 Å². The van der Waals surface area contributed by atoms with Crippen molar-refractivity contribution in [1.82, 2.24) is 4.90 Å². The molecule has 3 nitrogen and oxygen atoms in total. The highest BCUT2D eigenvalue weighted by atomic mass is 19.4. The summed E-state index contributed by atoms with van der Waals surface area (Å²) in [5, 5.41) is 0. The van der Waals surface area contributed by atoms with Gasteiger partial charge in [-0.25, -0.2) is 0 Å². The van der Waals surface area contributed by atoms with Gasteiger partial charge in [-0.2, -0.15) is 13.2 Å². The summed E-state index contributed by atoms with van der Waals surface area (Å²) < 4.78 is 37.1. The smallest absolute Gasteiger partial charge is 0.330 e. The molecule has 0 heterocycles. The van der Waals surface area contributed by atoms with Crippen LogP contribution in [-0.2, 0) is 4.79 Å². The minimum Gasteiger partial charge on any atom is -0.330 e. The van der Waals surface area contributed by atoms with Crippen molar-refractivity contribution in [2.24, 2.45) is 11.1 Å². The van der Waals surface area contributed by atoms with E-state index in [1.54, 1.807) is 34.6 Å². The van der Waals surface area contributed by atoms with Crippen LogP contribution in [0.3, 0.4) is 0 Å². The Morgan fingerprint density at radius 3 is 1.88 bits per heavy atom. The van der Waals surface area contributed by atoms with Crippen LogP contribution in [0, 0.1) is 5.41 Å². The molecule has 1 amide bonds. The second-order valence-corrected chi connectivity index (χ2v) is 5.52. The standard InChI is InChI=1S/C11H21F3N2O/c1-7(2)16(6-11(12,13)14)9(17)8(15)10(3,4)5/h7-8H,6,15H2,1-5H3/t8-/m1/s1. The van der Waals surface area contributed by atoms with E-state index in [0.29, 0.717) is 0 Å². The topological polar surface area (TPSA) is 46.3 Å². The first-order valence-electron chi connectivity index (χ1n) is 5.49. The van der Waals surface area contributed by atoms with Gasteiger partial charge in [0.15, 0.2) is 0 Å². The molecule has 0 aliphatic rings. The number of amides is 1. The highest BCUT2D eigenvalue weighted by Crippen LogP contribution is 2.23. The second-order valence-electron chi connectivity index (χ2n) is 5.52. The highest BCUT2D eigenvalue weighted by molar-refractivity contribution is 5.82. The summed E-state index contributed by atoms with van der Waals surface area (Å²) in [6, 6.07) is -1.47. The molecule has 0 fully saturated rings. The molecule has 0 unspecified atom stereocenters. The average molecular weight is 254 g/mol. The molecule has 0 aromatic rings. The zero-order valence-electron chi connectivity index (χ0n) is 10.9. The van der Waals surface area contributed by atoms with E-state index in [-0.39, 0.29) is 0 Å². The lowest BCUT2D eigenvalue weighted by molar-refractivity contribution is -0.166. The van der Waals surface area contributed by atoms with Crippen LogP contribution in [0.15, 0.2) is 0 Å². The molecule has 6 heteroatoms. The SMILES string of the molecule is CC(C)N(CC(F)(F)F)C(=O)[C@@H](N)C(C)(C)C. The number of halogens is 3. The van der Waals surface area contributed by atoms with Crippen molar-refractivity contribution in [1.29, 1.82) is 0 Å². The minimum atomic E-state index is -4.41. The fraction of sp³-hybridized carbons (Fsp3) is 0.909. The number of nitrogens with two attached hydrogens (primary N) is 1. The molecule has 0 aliphatic carbocycles. The predicted molar refractivity (Wildman–Crippen MR) is 60.3 cm³/mol. The summed E-state index contributed by atoms with van der Waals surface area (Å²) in [4.78, 5) is 12.7. The first-order valence-corrected chi connectivity index (χ1v) is 5.49. The molecule has 0 saturated heterocycles. The van der Waals surface area contributed by atoms with Crippen LogP contribution in [0.2, 0.25) is 0 Å². The Balaban J connectivity index is 4.91. The number of rotatable bonds is 3. The van der Waals surface area contributed by atoms with Crippen molar-refractivity contribution in [3.05, 3.63) is 0 Å². The molecular formula is C11H21F3N2O. The maximum absolute atomic E-state index is 12.4. The fourth-order valence-corrected chi connectivity index (χ4v) is 1.26. The normalized spacial score (nSPS) is 14.9. The van der Waals surface area contributed by atoms with Crippen LogP contribution in [0.25, 0.3) is 0 Å². The number of carbonyl (C=O) groups excluding carboxylic acids is 1. The maximum atomic E-state index is 12.4. The molecule has 1 atom stereocenters. The van der Waals surface area contributed by atoms with Crippen LogP contribution in [0.5, 0.6) is 0 Å². The van der Waals surface area contributed by atoms with Gasteiger partial charge in [-0.05, 0) is 19.3 Å². The minimum absolute atomic E-state index is 0.530. The van der Waals surface area contributed by atoms with Gasteiger partial charge in [-0.1, -0.05) is 20.8 Å². The molecule has 0 aromatic carbocycles. The van der Waals surface area contributed by atoms with E-state index in [2.05, 4.69) is 0 Å². The molecular weight excluding hydrogens is 233 g/mol. The average Bonchev–Trinajstić information content (AvgIpc) is 2.08. The van der Waals surface area contributed by atoms with Gasteiger partial charge in [0.05, 0.1) is 6.04 Å². The molecule has 102 valence electrons. The number of alkyl halides is 3. The molecule has 0 bridgehead atoms. The van der Waals surface area contributed by atoms with Crippen molar-refractivity contribution in [3.63, 3.8) is 0 Å². The number of carbonyl (C=O) groups is 1. The summed E-state index contributed by atoms with van der Waals surface area (Å²) in [5.74, 6) is -0.662. The van der Waals surface area contributed by atoms with E-state index >= 15 is 0 Å². The predicted octanol–water partition coefficient (Wildman–Crippen LogP) is 2.16. The van der Waals surface area contributed by atoms with E-state index in [0.717, 1.165) is 4.90 Å². The number of nitrogens with zero attached hydrogens (tertiary/aromatic N) is 1. The third-order valence-electron chi connectivity index (χ3n) is 2.46. The van der Waals surface area contributed by atoms with Gasteiger partial charge in [0.25, 0.3) is 0 Å². The van der Waals surface area contributed by atoms with E-state index in [4.69, 9.17) is 5.73 Å². The van der Waals surface area contributed by atoms with Crippen molar-refractivity contribution >= 4 is 5.91 Å². The Morgan fingerprint density at radius 1 is 1.24 bits per heavy atom. The van der Waals surface area contributed by atoms with E-state index in [9.17, 15) is 18.0 Å². The van der Waals surface area contributed by atoms with Gasteiger partial charge < -0.3 is 10.6 Å². The summed E-state index contributed by atoms with van der Waals surface area (Å²) >= 11 is 0. The summed E-state index contributed by atoms with van der Waals surface area (Å²) in [6.45, 7) is 7.00. The van der Waals surface area contributed by atoms with Crippen molar-refractivity contribution < 1.29 is 18.0 Å². The first kappa shape index (κ1) is 16.2. The zero-order chi connectivity index (χ0) is 14.0. The molecule has 0 aliphatic heterocycles. The van der Waals surface area contributed by atoms with Crippen molar-refractivity contribution in [3.8, 4) is 0 Å². The molecule has 0 saturated carbocycles. The molecule has 0 spiro atoms. The van der Waals surface area contributed by atoms with Crippen molar-refractivity contribution in [2.45, 2.75) is 52.9 Å². The molecule has 0 rings (SSSR count).